The molecule has 1 amide bonds. The van der Waals surface area contributed by atoms with Crippen LogP contribution < -0.4 is 5.32 Å². The van der Waals surface area contributed by atoms with Crippen molar-refractivity contribution in [3.63, 3.8) is 0 Å². The summed E-state index contributed by atoms with van der Waals surface area (Å²) in [5.74, 6) is 1.70. The van der Waals surface area contributed by atoms with Crippen LogP contribution in [0.4, 0.5) is 5.82 Å². The van der Waals surface area contributed by atoms with Crippen molar-refractivity contribution < 1.29 is 4.79 Å². The van der Waals surface area contributed by atoms with Crippen LogP contribution in [0.15, 0.2) is 30.1 Å². The second kappa shape index (κ2) is 7.55. The first-order valence-corrected chi connectivity index (χ1v) is 9.10. The van der Waals surface area contributed by atoms with Crippen LogP contribution in [0, 0.1) is 0 Å². The number of carbonyl (C=O) groups excluding carboxylic acids is 1. The van der Waals surface area contributed by atoms with Gasteiger partial charge in [0.15, 0.2) is 11.0 Å². The molecule has 9 heteroatoms. The predicted molar refractivity (Wildman–Crippen MR) is 95.8 cm³/mol. The lowest BCUT2D eigenvalue weighted by Crippen LogP contribution is -2.16. The standard InChI is InChI=1S/C15H15Cl2N5OS/c1-2-5-22-14(9-3-4-9)20-21-15(22)24-8-12(23)19-13-11(17)6-10(16)7-18-13/h2,6-7,9H,1,3-5,8H2,(H,18,19,23). The van der Waals surface area contributed by atoms with Gasteiger partial charge < -0.3 is 9.88 Å². The topological polar surface area (TPSA) is 72.7 Å². The Morgan fingerprint density at radius 3 is 2.92 bits per heavy atom. The van der Waals surface area contributed by atoms with Crippen molar-refractivity contribution in [2.45, 2.75) is 30.5 Å². The molecule has 1 N–H and O–H groups in total. The molecular weight excluding hydrogens is 369 g/mol. The van der Waals surface area contributed by atoms with E-state index < -0.39 is 0 Å². The Kier molecular flexibility index (Phi) is 5.43. The molecule has 0 atom stereocenters. The van der Waals surface area contributed by atoms with Gasteiger partial charge in [-0.2, -0.15) is 0 Å². The van der Waals surface area contributed by atoms with E-state index in [4.69, 9.17) is 23.2 Å². The Morgan fingerprint density at radius 2 is 2.25 bits per heavy atom. The van der Waals surface area contributed by atoms with E-state index in [1.807, 2.05) is 4.57 Å². The Balaban J connectivity index is 1.62. The van der Waals surface area contributed by atoms with Crippen LogP contribution in [0.2, 0.25) is 10.0 Å². The van der Waals surface area contributed by atoms with Crippen molar-refractivity contribution in [3.8, 4) is 0 Å². The maximum absolute atomic E-state index is 12.1. The number of pyridine rings is 1. The number of thioether (sulfide) groups is 1. The Labute approximate surface area is 153 Å². The zero-order valence-electron chi connectivity index (χ0n) is 12.7. The van der Waals surface area contributed by atoms with Gasteiger partial charge in [0.2, 0.25) is 5.91 Å². The normalized spacial score (nSPS) is 13.8. The summed E-state index contributed by atoms with van der Waals surface area (Å²) in [4.78, 5) is 16.1. The summed E-state index contributed by atoms with van der Waals surface area (Å²) < 4.78 is 2.01. The number of hydrogen-bond donors (Lipinski definition) is 1. The first-order valence-electron chi connectivity index (χ1n) is 7.36. The summed E-state index contributed by atoms with van der Waals surface area (Å²) in [5, 5.41) is 12.5. The third kappa shape index (κ3) is 4.09. The molecule has 126 valence electrons. The number of halogens is 2. The van der Waals surface area contributed by atoms with E-state index >= 15 is 0 Å². The van der Waals surface area contributed by atoms with Gasteiger partial charge in [-0.25, -0.2) is 4.98 Å². The third-order valence-electron chi connectivity index (χ3n) is 3.40. The van der Waals surface area contributed by atoms with E-state index in [1.165, 1.54) is 24.0 Å². The molecule has 0 saturated heterocycles. The highest BCUT2D eigenvalue weighted by Crippen LogP contribution is 2.40. The van der Waals surface area contributed by atoms with E-state index in [0.717, 1.165) is 18.7 Å². The van der Waals surface area contributed by atoms with Crippen LogP contribution in [0.25, 0.3) is 0 Å². The van der Waals surface area contributed by atoms with Gasteiger partial charge >= 0.3 is 0 Å². The zero-order chi connectivity index (χ0) is 17.1. The van der Waals surface area contributed by atoms with Gasteiger partial charge in [-0.05, 0) is 18.9 Å². The van der Waals surface area contributed by atoms with Crippen LogP contribution in [0.3, 0.4) is 0 Å². The highest BCUT2D eigenvalue weighted by molar-refractivity contribution is 7.99. The average Bonchev–Trinajstić information content (AvgIpc) is 3.31. The lowest BCUT2D eigenvalue weighted by atomic mass is 10.4. The number of amides is 1. The Morgan fingerprint density at radius 1 is 1.46 bits per heavy atom. The molecule has 1 saturated carbocycles. The number of hydrogen-bond acceptors (Lipinski definition) is 5. The average molecular weight is 384 g/mol. The van der Waals surface area contributed by atoms with Crippen molar-refractivity contribution >= 4 is 46.7 Å². The molecule has 6 nitrogen and oxygen atoms in total. The summed E-state index contributed by atoms with van der Waals surface area (Å²) >= 11 is 13.1. The first-order chi connectivity index (χ1) is 11.6. The number of carbonyl (C=O) groups is 1. The molecule has 2 heterocycles. The number of aromatic nitrogens is 4. The van der Waals surface area contributed by atoms with Crippen LogP contribution in [-0.2, 0) is 11.3 Å². The number of allylic oxidation sites excluding steroid dienone is 1. The van der Waals surface area contributed by atoms with Crippen LogP contribution in [0.1, 0.15) is 24.6 Å². The number of rotatable bonds is 7. The summed E-state index contributed by atoms with van der Waals surface area (Å²) in [6, 6.07) is 1.53. The van der Waals surface area contributed by atoms with Gasteiger partial charge in [0, 0.05) is 18.7 Å². The van der Waals surface area contributed by atoms with Gasteiger partial charge in [0.05, 0.1) is 15.8 Å². The predicted octanol–water partition coefficient (Wildman–Crippen LogP) is 3.77. The van der Waals surface area contributed by atoms with Crippen LogP contribution in [0.5, 0.6) is 0 Å². The SMILES string of the molecule is C=CCn1c(SCC(=O)Nc2ncc(Cl)cc2Cl)nnc1C1CC1. The molecule has 1 fully saturated rings. The smallest absolute Gasteiger partial charge is 0.236 e. The quantitative estimate of drug-likeness (QED) is 0.581. The first kappa shape index (κ1) is 17.3. The summed E-state index contributed by atoms with van der Waals surface area (Å²) in [6.07, 6.45) is 5.51. The Hall–Kier alpha value is -1.57. The van der Waals surface area contributed by atoms with E-state index in [1.54, 1.807) is 6.08 Å². The molecule has 0 aliphatic heterocycles. The molecule has 24 heavy (non-hydrogen) atoms. The van der Waals surface area contributed by atoms with Gasteiger partial charge in [0.1, 0.15) is 5.82 Å². The molecular formula is C15H15Cl2N5OS. The fourth-order valence-corrected chi connectivity index (χ4v) is 3.34. The summed E-state index contributed by atoms with van der Waals surface area (Å²) in [7, 11) is 0. The maximum atomic E-state index is 12.1. The van der Waals surface area contributed by atoms with Gasteiger partial charge in [0.25, 0.3) is 0 Å². The highest BCUT2D eigenvalue weighted by Gasteiger charge is 2.30. The maximum Gasteiger partial charge on any atom is 0.236 e. The fraction of sp³-hybridized carbons (Fsp3) is 0.333. The lowest BCUT2D eigenvalue weighted by Gasteiger charge is -2.08. The van der Waals surface area contributed by atoms with E-state index in [9.17, 15) is 4.79 Å². The molecule has 3 rings (SSSR count). The third-order valence-corrected chi connectivity index (χ3v) is 4.86. The van der Waals surface area contributed by atoms with E-state index in [0.29, 0.717) is 27.7 Å². The lowest BCUT2D eigenvalue weighted by molar-refractivity contribution is -0.113. The van der Waals surface area contributed by atoms with E-state index in [2.05, 4.69) is 27.1 Å². The molecule has 0 bridgehead atoms. The van der Waals surface area contributed by atoms with Crippen LogP contribution >= 0.6 is 35.0 Å². The zero-order valence-corrected chi connectivity index (χ0v) is 15.0. The molecule has 0 radical (unpaired) electrons. The van der Waals surface area contributed by atoms with Crippen molar-refractivity contribution in [2.75, 3.05) is 11.1 Å². The number of nitrogens with one attached hydrogen (secondary N) is 1. The molecule has 0 aromatic carbocycles. The largest absolute Gasteiger partial charge is 0.309 e. The summed E-state index contributed by atoms with van der Waals surface area (Å²) in [5.41, 5.74) is 0. The fourth-order valence-electron chi connectivity index (χ4n) is 2.16. The molecule has 0 unspecified atom stereocenters. The minimum atomic E-state index is -0.224. The molecule has 0 spiro atoms. The second-order valence-electron chi connectivity index (χ2n) is 5.34. The second-order valence-corrected chi connectivity index (χ2v) is 7.12. The van der Waals surface area contributed by atoms with Gasteiger partial charge in [-0.3, -0.25) is 4.79 Å². The number of nitrogens with zero attached hydrogens (tertiary/aromatic N) is 4. The minimum Gasteiger partial charge on any atom is -0.309 e. The molecule has 1 aliphatic rings. The van der Waals surface area contributed by atoms with Crippen molar-refractivity contribution in [3.05, 3.63) is 40.8 Å². The van der Waals surface area contributed by atoms with Gasteiger partial charge in [-0.15, -0.1) is 16.8 Å². The van der Waals surface area contributed by atoms with Crippen molar-refractivity contribution in [1.29, 1.82) is 0 Å². The van der Waals surface area contributed by atoms with Crippen LogP contribution in [-0.4, -0.2) is 31.4 Å². The van der Waals surface area contributed by atoms with Gasteiger partial charge in [-0.1, -0.05) is 41.0 Å². The molecule has 2 aromatic heterocycles. The van der Waals surface area contributed by atoms with E-state index in [-0.39, 0.29) is 17.5 Å². The summed E-state index contributed by atoms with van der Waals surface area (Å²) in [6.45, 7) is 4.40. The molecule has 1 aliphatic carbocycles. The minimum absolute atomic E-state index is 0.181. The Bertz CT molecular complexity index is 775. The van der Waals surface area contributed by atoms with Crippen molar-refractivity contribution in [1.82, 2.24) is 19.7 Å². The number of anilines is 1. The monoisotopic (exact) mass is 383 g/mol. The van der Waals surface area contributed by atoms with Crippen molar-refractivity contribution in [2.24, 2.45) is 0 Å². The molecule has 2 aromatic rings. The highest BCUT2D eigenvalue weighted by atomic mass is 35.5.